The second kappa shape index (κ2) is 3.50. The van der Waals surface area contributed by atoms with Crippen LogP contribution in [0, 0.1) is 0 Å². The fraction of sp³-hybridized carbons (Fsp3) is 0.400. The van der Waals surface area contributed by atoms with Crippen LogP contribution in [0.4, 0.5) is 5.69 Å². The Morgan fingerprint density at radius 1 is 1.54 bits per heavy atom. The van der Waals surface area contributed by atoms with E-state index in [-0.39, 0.29) is 0 Å². The summed E-state index contributed by atoms with van der Waals surface area (Å²) < 4.78 is 5.16. The molecule has 1 aliphatic heterocycles. The zero-order chi connectivity index (χ0) is 9.26. The van der Waals surface area contributed by atoms with Gasteiger partial charge in [-0.3, -0.25) is 0 Å². The van der Waals surface area contributed by atoms with Crippen LogP contribution in [-0.2, 0) is 0 Å². The first-order chi connectivity index (χ1) is 6.29. The highest BCUT2D eigenvalue weighted by atomic mass is 32.2. The Hall–Kier alpha value is -0.830. The van der Waals surface area contributed by atoms with E-state index >= 15 is 0 Å². The van der Waals surface area contributed by atoms with Gasteiger partial charge in [0.1, 0.15) is 5.75 Å². The zero-order valence-electron chi connectivity index (χ0n) is 7.83. The molecule has 1 unspecified atom stereocenters. The van der Waals surface area contributed by atoms with E-state index in [0.29, 0.717) is 5.25 Å². The number of anilines is 1. The normalized spacial score (nSPS) is 20.3. The van der Waals surface area contributed by atoms with Crippen LogP contribution >= 0.6 is 11.8 Å². The molecule has 0 fully saturated rings. The fourth-order valence-electron chi connectivity index (χ4n) is 1.39. The number of benzene rings is 1. The summed E-state index contributed by atoms with van der Waals surface area (Å²) in [5, 5.41) is 4.04. The Kier molecular flexibility index (Phi) is 2.36. The van der Waals surface area contributed by atoms with Crippen LogP contribution in [-0.4, -0.2) is 18.9 Å². The maximum absolute atomic E-state index is 5.16. The van der Waals surface area contributed by atoms with Gasteiger partial charge in [-0.2, -0.15) is 0 Å². The molecule has 0 radical (unpaired) electrons. The van der Waals surface area contributed by atoms with Crippen LogP contribution < -0.4 is 10.1 Å². The predicted molar refractivity (Wildman–Crippen MR) is 56.8 cm³/mol. The molecule has 0 saturated carbocycles. The Bertz CT molecular complexity index is 314. The number of thioether (sulfide) groups is 1. The van der Waals surface area contributed by atoms with Crippen molar-refractivity contribution in [3.63, 3.8) is 0 Å². The summed E-state index contributed by atoms with van der Waals surface area (Å²) in [7, 11) is 1.69. The Labute approximate surface area is 82.7 Å². The van der Waals surface area contributed by atoms with Crippen molar-refractivity contribution in [3.8, 4) is 5.75 Å². The number of hydrogen-bond donors (Lipinski definition) is 1. The van der Waals surface area contributed by atoms with Crippen LogP contribution in [0.15, 0.2) is 23.1 Å². The monoisotopic (exact) mass is 195 g/mol. The molecule has 0 amide bonds. The molecule has 0 saturated heterocycles. The molecule has 2 rings (SSSR count). The first-order valence-corrected chi connectivity index (χ1v) is 5.26. The average Bonchev–Trinajstić information content (AvgIpc) is 2.17. The van der Waals surface area contributed by atoms with Gasteiger partial charge in [-0.1, -0.05) is 6.92 Å². The van der Waals surface area contributed by atoms with Gasteiger partial charge in [0.15, 0.2) is 0 Å². The van der Waals surface area contributed by atoms with Crippen molar-refractivity contribution in [1.82, 2.24) is 0 Å². The first-order valence-electron chi connectivity index (χ1n) is 4.38. The second-order valence-electron chi connectivity index (χ2n) is 3.17. The summed E-state index contributed by atoms with van der Waals surface area (Å²) in [5.41, 5.74) is 1.20. The molecule has 1 N–H and O–H groups in total. The van der Waals surface area contributed by atoms with Gasteiger partial charge in [0.25, 0.3) is 0 Å². The second-order valence-corrected chi connectivity index (χ2v) is 4.65. The zero-order valence-corrected chi connectivity index (χ0v) is 8.65. The minimum absolute atomic E-state index is 0.654. The summed E-state index contributed by atoms with van der Waals surface area (Å²) in [5.74, 6) is 0.918. The summed E-state index contributed by atoms with van der Waals surface area (Å²) in [4.78, 5) is 1.32. The Balaban J connectivity index is 2.31. The fourth-order valence-corrected chi connectivity index (χ4v) is 2.39. The number of hydrogen-bond acceptors (Lipinski definition) is 3. The minimum Gasteiger partial charge on any atom is -0.497 e. The van der Waals surface area contributed by atoms with Gasteiger partial charge in [-0.25, -0.2) is 0 Å². The highest BCUT2D eigenvalue weighted by Gasteiger charge is 2.14. The molecular formula is C10H13NOS. The van der Waals surface area contributed by atoms with Crippen molar-refractivity contribution < 1.29 is 4.74 Å². The first kappa shape index (κ1) is 8.75. The van der Waals surface area contributed by atoms with Gasteiger partial charge in [0.05, 0.1) is 12.8 Å². The molecule has 1 aromatic carbocycles. The molecule has 0 bridgehead atoms. The molecule has 1 aromatic rings. The van der Waals surface area contributed by atoms with Crippen molar-refractivity contribution >= 4 is 17.4 Å². The van der Waals surface area contributed by atoms with E-state index in [1.807, 2.05) is 23.9 Å². The molecule has 70 valence electrons. The van der Waals surface area contributed by atoms with Crippen molar-refractivity contribution in [1.29, 1.82) is 0 Å². The molecule has 3 heteroatoms. The number of nitrogens with one attached hydrogen (secondary N) is 1. The molecule has 13 heavy (non-hydrogen) atoms. The van der Waals surface area contributed by atoms with Crippen LogP contribution in [0.5, 0.6) is 5.75 Å². The third-order valence-electron chi connectivity index (χ3n) is 2.09. The topological polar surface area (TPSA) is 21.3 Å². The lowest BCUT2D eigenvalue weighted by atomic mass is 10.3. The molecule has 1 aliphatic rings. The number of ether oxygens (including phenoxy) is 1. The predicted octanol–water partition coefficient (Wildman–Crippen LogP) is 2.60. The Morgan fingerprint density at radius 3 is 3.15 bits per heavy atom. The van der Waals surface area contributed by atoms with Gasteiger partial charge in [-0.15, -0.1) is 11.8 Å². The molecule has 0 aliphatic carbocycles. The van der Waals surface area contributed by atoms with Gasteiger partial charge in [0.2, 0.25) is 0 Å². The maximum Gasteiger partial charge on any atom is 0.121 e. The van der Waals surface area contributed by atoms with Gasteiger partial charge in [-0.05, 0) is 12.1 Å². The van der Waals surface area contributed by atoms with Gasteiger partial charge < -0.3 is 10.1 Å². The molecule has 2 nitrogen and oxygen atoms in total. The van der Waals surface area contributed by atoms with E-state index in [1.165, 1.54) is 10.6 Å². The SMILES string of the molecule is COc1ccc2c(c1)NCC(C)S2. The average molecular weight is 195 g/mol. The van der Waals surface area contributed by atoms with Crippen LogP contribution in [0.25, 0.3) is 0 Å². The van der Waals surface area contributed by atoms with E-state index in [2.05, 4.69) is 18.3 Å². The largest absolute Gasteiger partial charge is 0.497 e. The highest BCUT2D eigenvalue weighted by Crippen LogP contribution is 2.36. The van der Waals surface area contributed by atoms with Gasteiger partial charge in [0, 0.05) is 22.8 Å². The van der Waals surface area contributed by atoms with Crippen LogP contribution in [0.1, 0.15) is 6.92 Å². The molecule has 0 spiro atoms. The third kappa shape index (κ3) is 1.75. The summed E-state index contributed by atoms with van der Waals surface area (Å²) >= 11 is 1.91. The van der Waals surface area contributed by atoms with Crippen molar-refractivity contribution in [2.45, 2.75) is 17.1 Å². The van der Waals surface area contributed by atoms with E-state index in [9.17, 15) is 0 Å². The van der Waals surface area contributed by atoms with Crippen LogP contribution in [0.3, 0.4) is 0 Å². The molecular weight excluding hydrogens is 182 g/mol. The summed E-state index contributed by atoms with van der Waals surface area (Å²) in [6.45, 7) is 3.26. The Morgan fingerprint density at radius 2 is 2.38 bits per heavy atom. The maximum atomic E-state index is 5.16. The number of fused-ring (bicyclic) bond motifs is 1. The number of rotatable bonds is 1. The lowest BCUT2D eigenvalue weighted by molar-refractivity contribution is 0.414. The molecule has 1 atom stereocenters. The van der Waals surface area contributed by atoms with E-state index in [0.717, 1.165) is 12.3 Å². The van der Waals surface area contributed by atoms with Crippen molar-refractivity contribution in [3.05, 3.63) is 18.2 Å². The quantitative estimate of drug-likeness (QED) is 0.744. The third-order valence-corrected chi connectivity index (χ3v) is 3.27. The number of methoxy groups -OCH3 is 1. The lowest BCUT2D eigenvalue weighted by Crippen LogP contribution is -2.18. The highest BCUT2D eigenvalue weighted by molar-refractivity contribution is 8.00. The lowest BCUT2D eigenvalue weighted by Gasteiger charge is -2.22. The van der Waals surface area contributed by atoms with E-state index < -0.39 is 0 Å². The molecule has 1 heterocycles. The van der Waals surface area contributed by atoms with Gasteiger partial charge >= 0.3 is 0 Å². The smallest absolute Gasteiger partial charge is 0.121 e. The van der Waals surface area contributed by atoms with E-state index in [4.69, 9.17) is 4.74 Å². The minimum atomic E-state index is 0.654. The van der Waals surface area contributed by atoms with Crippen LogP contribution in [0.2, 0.25) is 0 Å². The van der Waals surface area contributed by atoms with E-state index in [1.54, 1.807) is 7.11 Å². The van der Waals surface area contributed by atoms with Crippen molar-refractivity contribution in [2.75, 3.05) is 19.0 Å². The summed E-state index contributed by atoms with van der Waals surface area (Å²) in [6.07, 6.45) is 0. The molecule has 0 aromatic heterocycles. The van der Waals surface area contributed by atoms with Crippen molar-refractivity contribution in [2.24, 2.45) is 0 Å². The summed E-state index contributed by atoms with van der Waals surface area (Å²) in [6, 6.07) is 6.17. The standard InChI is InChI=1S/C10H13NOS/c1-7-6-11-9-5-8(12-2)3-4-10(9)13-7/h3-5,7,11H,6H2,1-2H3.